The van der Waals surface area contributed by atoms with Crippen molar-refractivity contribution in [1.29, 1.82) is 0 Å². The Labute approximate surface area is 613 Å². The van der Waals surface area contributed by atoms with Gasteiger partial charge in [-0.15, -0.1) is 0 Å². The van der Waals surface area contributed by atoms with Gasteiger partial charge < -0.3 is 17.6 Å². The van der Waals surface area contributed by atoms with E-state index in [1.165, 1.54) is 70.7 Å². The third-order valence-electron chi connectivity index (χ3n) is 23.1. The fraction of sp³-hybridized carbons (Fsp3) is 0. The monoisotopic (exact) mass is 1370 g/mol. The Hall–Kier alpha value is -14.7. The Bertz CT molecular complexity index is 8160. The van der Waals surface area contributed by atoms with Crippen molar-refractivity contribution in [1.82, 2.24) is 37.9 Å². The molecule has 0 spiro atoms. The first-order valence-corrected chi connectivity index (χ1v) is 36.7. The molecule has 10 heteroatoms. The van der Waals surface area contributed by atoms with Gasteiger partial charge in [-0.25, -0.2) is 9.97 Å². The van der Waals surface area contributed by atoms with Crippen LogP contribution >= 0.6 is 0 Å². The molecule has 0 bridgehead atoms. The lowest BCUT2D eigenvalue weighted by Gasteiger charge is -2.11. The van der Waals surface area contributed by atoms with Crippen LogP contribution in [0.25, 0.3) is 243 Å². The summed E-state index contributed by atoms with van der Waals surface area (Å²) in [6, 6.07) is 118. The topological polar surface area (TPSA) is 96.5 Å². The van der Waals surface area contributed by atoms with Crippen LogP contribution in [0.5, 0.6) is 0 Å². The van der Waals surface area contributed by atoms with Crippen LogP contribution < -0.4 is 0 Å². The lowest BCUT2D eigenvalue weighted by Crippen LogP contribution is -2.03. The minimum atomic E-state index is 0.510. The smallest absolute Gasteiger partial charge is 0.238 e. The molecule has 25 aromatic rings. The fourth-order valence-electron chi connectivity index (χ4n) is 18.4. The van der Waals surface area contributed by atoms with Crippen LogP contribution in [-0.4, -0.2) is 37.9 Å². The maximum atomic E-state index is 7.18. The van der Waals surface area contributed by atoms with E-state index in [9.17, 15) is 0 Å². The second-order valence-corrected chi connectivity index (χ2v) is 28.7. The normalized spacial score (nSPS) is 12.4. The number of fused-ring (bicyclic) bond motifs is 26. The number of rotatable bonds is 8. The third kappa shape index (κ3) is 7.88. The molecular formula is C98H54N8O2. The van der Waals surface area contributed by atoms with E-state index in [4.69, 9.17) is 28.8 Å². The van der Waals surface area contributed by atoms with Crippen molar-refractivity contribution >= 4 is 164 Å². The largest absolute Gasteiger partial charge is 0.437 e. The minimum absolute atomic E-state index is 0.510. The van der Waals surface area contributed by atoms with Crippen LogP contribution in [0.15, 0.2) is 336 Å². The Morgan fingerprint density at radius 3 is 1.09 bits per heavy atom. The maximum absolute atomic E-state index is 7.18. The quantitative estimate of drug-likeness (QED) is 0.150. The average molecular weight is 1380 g/mol. The Kier molecular flexibility index (Phi) is 11.5. The molecule has 10 aromatic heterocycles. The second-order valence-electron chi connectivity index (χ2n) is 28.7. The Morgan fingerprint density at radius 1 is 0.194 bits per heavy atom. The van der Waals surface area contributed by atoms with Gasteiger partial charge in [-0.2, -0.15) is 9.97 Å². The molecule has 10 heterocycles. The van der Waals surface area contributed by atoms with Gasteiger partial charge in [0.15, 0.2) is 0 Å². The standard InChI is InChI=1S/C98H54N8O2/c1-4-21-55(22-5-1)57-39-41-59(42-40-57)92-89-69-33-14-19-38-83(69)107-95(89)101-98(100-92)106-80-48-45-63(51-74(80)86-82(106)54-72-66-30-11-16-35-76(66)104-78-37-18-13-32-68(78)88(86)94(72)104)60-27-20-28-61(49-60)64-43-46-70-84(52-64)108-96-90(70)91(58-25-8-3-9-26-58)99-97(102-96)105-79-47-44-62(56-23-6-2-7-24-56)50-73(79)85-81(105)53-71-65-29-10-15-34-75(65)103-77-36-17-12-31-67(77)87(85)93(71)103/h1-54H. The molecule has 498 valence electrons. The number of benzene rings is 15. The molecule has 15 aromatic carbocycles. The average Bonchev–Trinajstić information content (AvgIpc) is 1.52. The first-order valence-electron chi connectivity index (χ1n) is 36.7. The van der Waals surface area contributed by atoms with E-state index in [1.54, 1.807) is 0 Å². The summed E-state index contributed by atoms with van der Waals surface area (Å²) in [5.74, 6) is 1.05. The van der Waals surface area contributed by atoms with Crippen LogP contribution in [0.4, 0.5) is 0 Å². The van der Waals surface area contributed by atoms with Gasteiger partial charge in [-0.3, -0.25) is 9.13 Å². The number of para-hydroxylation sites is 5. The van der Waals surface area contributed by atoms with E-state index in [1.807, 2.05) is 12.1 Å². The highest BCUT2D eigenvalue weighted by molar-refractivity contribution is 6.38. The summed E-state index contributed by atoms with van der Waals surface area (Å²) in [7, 11) is 0. The molecule has 10 nitrogen and oxygen atoms in total. The lowest BCUT2D eigenvalue weighted by molar-refractivity contribution is 0.651. The summed E-state index contributed by atoms with van der Waals surface area (Å²) in [6.45, 7) is 0. The van der Waals surface area contributed by atoms with Gasteiger partial charge in [0, 0.05) is 86.5 Å². The molecule has 0 fully saturated rings. The van der Waals surface area contributed by atoms with Crippen molar-refractivity contribution in [2.24, 2.45) is 0 Å². The molecule has 108 heavy (non-hydrogen) atoms. The van der Waals surface area contributed by atoms with Gasteiger partial charge in [0.05, 0.1) is 77.3 Å². The molecule has 0 N–H and O–H groups in total. The molecule has 0 atom stereocenters. The van der Waals surface area contributed by atoms with Crippen molar-refractivity contribution in [3.8, 4) is 78.9 Å². The minimum Gasteiger partial charge on any atom is -0.437 e. The zero-order valence-electron chi connectivity index (χ0n) is 57.6. The molecule has 0 unspecified atom stereocenters. The SMILES string of the molecule is c1ccc(-c2ccc(-c3nc(-n4c5ccc(-c6cccc(-c7ccc8c(c7)oc7nc(-n9c%10ccc(-c%11ccccc%11)cc%10c%10c%11c%12ccccc%12n%12c%13ccccc%13c(cc%109)c%11%12)nc(-c9ccccc9)c78)c6)cc5c5c6c7ccccc7n7c8ccccc8c(cc54)c67)nc4oc5ccccc5c34)cc2)cc1. The predicted octanol–water partition coefficient (Wildman–Crippen LogP) is 25.6. The number of hydrogen-bond donors (Lipinski definition) is 0. The van der Waals surface area contributed by atoms with Crippen molar-refractivity contribution in [3.63, 3.8) is 0 Å². The highest BCUT2D eigenvalue weighted by Gasteiger charge is 2.30. The van der Waals surface area contributed by atoms with E-state index in [-0.39, 0.29) is 0 Å². The Balaban J connectivity index is 0.677. The first kappa shape index (κ1) is 57.7. The summed E-state index contributed by atoms with van der Waals surface area (Å²) in [5, 5.41) is 17.7. The van der Waals surface area contributed by atoms with Crippen LogP contribution in [0.3, 0.4) is 0 Å². The van der Waals surface area contributed by atoms with Gasteiger partial charge in [-0.1, -0.05) is 243 Å². The van der Waals surface area contributed by atoms with E-state index in [0.29, 0.717) is 23.3 Å². The summed E-state index contributed by atoms with van der Waals surface area (Å²) in [6.07, 6.45) is 0. The maximum Gasteiger partial charge on any atom is 0.238 e. The van der Waals surface area contributed by atoms with Crippen molar-refractivity contribution in [2.45, 2.75) is 0 Å². The number of aromatic nitrogens is 8. The molecule has 25 rings (SSSR count). The van der Waals surface area contributed by atoms with E-state index in [0.717, 1.165) is 149 Å². The fourth-order valence-corrected chi connectivity index (χ4v) is 18.4. The number of furan rings is 2. The van der Waals surface area contributed by atoms with E-state index < -0.39 is 0 Å². The summed E-state index contributed by atoms with van der Waals surface area (Å²) in [4.78, 5) is 22.5. The molecule has 0 aliphatic rings. The zero-order chi connectivity index (χ0) is 70.1. The molecular weight excluding hydrogens is 1320 g/mol. The van der Waals surface area contributed by atoms with Crippen molar-refractivity contribution in [3.05, 3.63) is 328 Å². The first-order chi connectivity index (χ1) is 53.6. The van der Waals surface area contributed by atoms with E-state index >= 15 is 0 Å². The summed E-state index contributed by atoms with van der Waals surface area (Å²) >= 11 is 0. The molecule has 0 radical (unpaired) electrons. The molecule has 0 aliphatic carbocycles. The van der Waals surface area contributed by atoms with Crippen LogP contribution in [-0.2, 0) is 0 Å². The predicted molar refractivity (Wildman–Crippen MR) is 443 cm³/mol. The lowest BCUT2D eigenvalue weighted by atomic mass is 9.96. The summed E-state index contributed by atoms with van der Waals surface area (Å²) < 4.78 is 23.4. The number of nitrogens with zero attached hydrogens (tertiary/aromatic N) is 8. The molecule has 0 aliphatic heterocycles. The second kappa shape index (κ2) is 21.5. The van der Waals surface area contributed by atoms with Crippen LogP contribution in [0.1, 0.15) is 0 Å². The third-order valence-corrected chi connectivity index (χ3v) is 23.1. The van der Waals surface area contributed by atoms with Crippen LogP contribution in [0, 0.1) is 0 Å². The highest BCUT2D eigenvalue weighted by Crippen LogP contribution is 2.51. The van der Waals surface area contributed by atoms with Gasteiger partial charge in [0.25, 0.3) is 0 Å². The van der Waals surface area contributed by atoms with Gasteiger partial charge >= 0.3 is 0 Å². The van der Waals surface area contributed by atoms with E-state index in [2.05, 4.69) is 333 Å². The Morgan fingerprint density at radius 2 is 0.556 bits per heavy atom. The van der Waals surface area contributed by atoms with Crippen LogP contribution in [0.2, 0.25) is 0 Å². The summed E-state index contributed by atoms with van der Waals surface area (Å²) in [5.41, 5.74) is 25.9. The van der Waals surface area contributed by atoms with Crippen molar-refractivity contribution in [2.75, 3.05) is 0 Å². The number of hydrogen-bond acceptors (Lipinski definition) is 6. The molecule has 0 amide bonds. The van der Waals surface area contributed by atoms with Crippen molar-refractivity contribution < 1.29 is 8.83 Å². The molecule has 0 saturated heterocycles. The van der Waals surface area contributed by atoms with Gasteiger partial charge in [0.2, 0.25) is 23.3 Å². The zero-order valence-corrected chi connectivity index (χ0v) is 57.6. The van der Waals surface area contributed by atoms with Gasteiger partial charge in [-0.05, 0) is 129 Å². The van der Waals surface area contributed by atoms with Gasteiger partial charge in [0.1, 0.15) is 11.2 Å². The highest BCUT2D eigenvalue weighted by atomic mass is 16.3. The molecule has 0 saturated carbocycles.